The van der Waals surface area contributed by atoms with Crippen molar-refractivity contribution in [3.05, 3.63) is 23.9 Å². The third-order valence-corrected chi connectivity index (χ3v) is 2.47. The van der Waals surface area contributed by atoms with Gasteiger partial charge in [-0.25, -0.2) is 10.4 Å². The molecule has 0 radical (unpaired) electrons. The lowest BCUT2D eigenvalue weighted by molar-refractivity contribution is 0.657. The van der Waals surface area contributed by atoms with Crippen LogP contribution < -0.4 is 10.4 Å². The highest BCUT2D eigenvalue weighted by Gasteiger charge is 2.13. The van der Waals surface area contributed by atoms with Gasteiger partial charge in [0.1, 0.15) is 5.82 Å². The summed E-state index contributed by atoms with van der Waals surface area (Å²) in [5.74, 6) is 1.10. The number of nitrogens with zero attached hydrogens (tertiary/aromatic N) is 2. The summed E-state index contributed by atoms with van der Waals surface area (Å²) in [6, 6.07) is 4.18. The maximum atomic E-state index is 4.39. The Morgan fingerprint density at radius 1 is 1.46 bits per heavy atom. The minimum absolute atomic E-state index is 1.06. The lowest BCUT2D eigenvalue weighted by atomic mass is 10.1. The summed E-state index contributed by atoms with van der Waals surface area (Å²) < 4.78 is 0. The van der Waals surface area contributed by atoms with Crippen molar-refractivity contribution < 1.29 is 0 Å². The minimum Gasteiger partial charge on any atom is -0.292 e. The Labute approximate surface area is 78.7 Å². The summed E-state index contributed by atoms with van der Waals surface area (Å²) in [6.45, 7) is 1.06. The molecule has 2 rings (SSSR count). The van der Waals surface area contributed by atoms with Gasteiger partial charge in [-0.2, -0.15) is 0 Å². The molecule has 70 valence electrons. The predicted molar refractivity (Wildman–Crippen MR) is 53.6 cm³/mol. The number of nitrogens with one attached hydrogen (secondary N) is 1. The van der Waals surface area contributed by atoms with E-state index in [2.05, 4.69) is 21.5 Å². The number of aromatic nitrogens is 1. The molecule has 2 heterocycles. The molecule has 1 aromatic heterocycles. The highest BCUT2D eigenvalue weighted by atomic mass is 15.5. The van der Waals surface area contributed by atoms with Crippen molar-refractivity contribution in [1.82, 2.24) is 10.4 Å². The number of fused-ring (bicyclic) bond motifs is 1. The molecule has 3 heteroatoms. The van der Waals surface area contributed by atoms with Gasteiger partial charge in [-0.15, -0.1) is 0 Å². The molecule has 0 unspecified atom stereocenters. The van der Waals surface area contributed by atoms with E-state index in [0.29, 0.717) is 0 Å². The number of hydrogen-bond acceptors (Lipinski definition) is 3. The second-order valence-electron chi connectivity index (χ2n) is 3.32. The molecular weight excluding hydrogens is 162 g/mol. The van der Waals surface area contributed by atoms with E-state index in [1.165, 1.54) is 18.4 Å². The predicted octanol–water partition coefficient (Wildman–Crippen LogP) is 1.36. The zero-order valence-corrected chi connectivity index (χ0v) is 7.95. The molecule has 0 saturated heterocycles. The molecule has 1 aromatic rings. The topological polar surface area (TPSA) is 28.2 Å². The summed E-state index contributed by atoms with van der Waals surface area (Å²) in [5.41, 5.74) is 4.53. The second-order valence-corrected chi connectivity index (χ2v) is 3.32. The van der Waals surface area contributed by atoms with Crippen molar-refractivity contribution >= 4 is 5.82 Å². The maximum Gasteiger partial charge on any atom is 0.145 e. The maximum absolute atomic E-state index is 4.39. The molecule has 0 aliphatic carbocycles. The first kappa shape index (κ1) is 8.51. The molecule has 0 spiro atoms. The van der Waals surface area contributed by atoms with Gasteiger partial charge in [-0.3, -0.25) is 5.01 Å². The largest absolute Gasteiger partial charge is 0.292 e. The molecule has 1 N–H and O–H groups in total. The summed E-state index contributed by atoms with van der Waals surface area (Å²) in [5, 5.41) is 2.13. The lowest BCUT2D eigenvalue weighted by Crippen LogP contribution is -2.36. The van der Waals surface area contributed by atoms with E-state index >= 15 is 0 Å². The molecule has 1 aliphatic heterocycles. The van der Waals surface area contributed by atoms with E-state index in [1.807, 2.05) is 19.3 Å². The summed E-state index contributed by atoms with van der Waals surface area (Å²) >= 11 is 0. The van der Waals surface area contributed by atoms with Crippen molar-refractivity contribution in [2.75, 3.05) is 18.6 Å². The summed E-state index contributed by atoms with van der Waals surface area (Å²) in [7, 11) is 1.95. The van der Waals surface area contributed by atoms with Crippen LogP contribution in [0.4, 0.5) is 5.82 Å². The molecule has 0 atom stereocenters. The van der Waals surface area contributed by atoms with E-state index < -0.39 is 0 Å². The van der Waals surface area contributed by atoms with Crippen molar-refractivity contribution in [2.24, 2.45) is 0 Å². The quantitative estimate of drug-likeness (QED) is 0.702. The van der Waals surface area contributed by atoms with Crippen molar-refractivity contribution in [3.8, 4) is 0 Å². The molecule has 0 fully saturated rings. The molecule has 13 heavy (non-hydrogen) atoms. The smallest absolute Gasteiger partial charge is 0.145 e. The van der Waals surface area contributed by atoms with E-state index in [9.17, 15) is 0 Å². The van der Waals surface area contributed by atoms with Gasteiger partial charge in [-0.05, 0) is 30.9 Å². The fraction of sp³-hybridized carbons (Fsp3) is 0.500. The third-order valence-electron chi connectivity index (χ3n) is 2.47. The first-order chi connectivity index (χ1) is 6.42. The zero-order valence-electron chi connectivity index (χ0n) is 7.95. The Bertz CT molecular complexity index is 285. The molecule has 0 aromatic carbocycles. The monoisotopic (exact) mass is 177 g/mol. The number of rotatable bonds is 1. The Morgan fingerprint density at radius 3 is 3.23 bits per heavy atom. The average Bonchev–Trinajstić information content (AvgIpc) is 2.39. The lowest BCUT2D eigenvalue weighted by Gasteiger charge is -2.21. The molecule has 1 aliphatic rings. The fourth-order valence-corrected chi connectivity index (χ4v) is 1.78. The fourth-order valence-electron chi connectivity index (χ4n) is 1.78. The molecular formula is C10H15N3. The van der Waals surface area contributed by atoms with E-state index in [0.717, 1.165) is 18.8 Å². The van der Waals surface area contributed by atoms with Gasteiger partial charge >= 0.3 is 0 Å². The SMILES string of the molecule is CNN1CCCCc2cccnc21. The van der Waals surface area contributed by atoms with Crippen LogP contribution in [0.5, 0.6) is 0 Å². The van der Waals surface area contributed by atoms with Gasteiger partial charge in [-0.1, -0.05) is 6.07 Å². The van der Waals surface area contributed by atoms with Crippen LogP contribution in [0.2, 0.25) is 0 Å². The third kappa shape index (κ3) is 1.65. The average molecular weight is 177 g/mol. The van der Waals surface area contributed by atoms with Crippen LogP contribution in [-0.2, 0) is 6.42 Å². The van der Waals surface area contributed by atoms with Gasteiger partial charge in [0.15, 0.2) is 0 Å². The van der Waals surface area contributed by atoms with Crippen LogP contribution in [-0.4, -0.2) is 18.6 Å². The Kier molecular flexibility index (Phi) is 2.45. The van der Waals surface area contributed by atoms with Crippen molar-refractivity contribution in [3.63, 3.8) is 0 Å². The van der Waals surface area contributed by atoms with Gasteiger partial charge in [0.25, 0.3) is 0 Å². The number of anilines is 1. The summed E-state index contributed by atoms with van der Waals surface area (Å²) in [6.07, 6.45) is 5.50. The van der Waals surface area contributed by atoms with Crippen LogP contribution >= 0.6 is 0 Å². The van der Waals surface area contributed by atoms with E-state index in [-0.39, 0.29) is 0 Å². The van der Waals surface area contributed by atoms with Gasteiger partial charge in [0.2, 0.25) is 0 Å². The molecule has 0 bridgehead atoms. The van der Waals surface area contributed by atoms with Gasteiger partial charge < -0.3 is 0 Å². The highest BCUT2D eigenvalue weighted by molar-refractivity contribution is 5.46. The van der Waals surface area contributed by atoms with Crippen molar-refractivity contribution in [1.29, 1.82) is 0 Å². The zero-order chi connectivity index (χ0) is 9.10. The van der Waals surface area contributed by atoms with Crippen LogP contribution in [0.1, 0.15) is 18.4 Å². The number of aryl methyl sites for hydroxylation is 1. The van der Waals surface area contributed by atoms with Crippen LogP contribution in [0.25, 0.3) is 0 Å². The first-order valence-corrected chi connectivity index (χ1v) is 4.80. The minimum atomic E-state index is 1.06. The Hall–Kier alpha value is -1.09. The van der Waals surface area contributed by atoms with Gasteiger partial charge in [0.05, 0.1) is 0 Å². The van der Waals surface area contributed by atoms with Crippen LogP contribution in [0.3, 0.4) is 0 Å². The van der Waals surface area contributed by atoms with Gasteiger partial charge in [0, 0.05) is 19.8 Å². The van der Waals surface area contributed by atoms with Crippen molar-refractivity contribution in [2.45, 2.75) is 19.3 Å². The normalized spacial score (nSPS) is 16.5. The molecule has 0 saturated carbocycles. The molecule has 3 nitrogen and oxygen atoms in total. The highest BCUT2D eigenvalue weighted by Crippen LogP contribution is 2.21. The van der Waals surface area contributed by atoms with E-state index in [4.69, 9.17) is 0 Å². The summed E-state index contributed by atoms with van der Waals surface area (Å²) in [4.78, 5) is 4.39. The number of hydrazine groups is 1. The Balaban J connectivity index is 2.35. The Morgan fingerprint density at radius 2 is 2.38 bits per heavy atom. The second kappa shape index (κ2) is 3.75. The van der Waals surface area contributed by atoms with E-state index in [1.54, 1.807) is 0 Å². The van der Waals surface area contributed by atoms with Crippen LogP contribution in [0, 0.1) is 0 Å². The number of hydrogen-bond donors (Lipinski definition) is 1. The van der Waals surface area contributed by atoms with Crippen LogP contribution in [0.15, 0.2) is 18.3 Å². The standard InChI is InChI=1S/C10H15N3/c1-11-13-8-3-2-5-9-6-4-7-12-10(9)13/h4,6-7,11H,2-3,5,8H2,1H3. The number of pyridine rings is 1. The molecule has 0 amide bonds. The first-order valence-electron chi connectivity index (χ1n) is 4.80.